The van der Waals surface area contributed by atoms with Gasteiger partial charge in [-0.2, -0.15) is 0 Å². The number of amides is 2. The first-order valence-electron chi connectivity index (χ1n) is 10.7. The molecule has 172 valence electrons. The van der Waals surface area contributed by atoms with Crippen LogP contribution in [-0.4, -0.2) is 59.6 Å². The number of hydrogen-bond acceptors (Lipinski definition) is 7. The molecule has 0 radical (unpaired) electrons. The molecular formula is C24H25N3O6. The fourth-order valence-corrected chi connectivity index (χ4v) is 4.09. The lowest BCUT2D eigenvalue weighted by Gasteiger charge is -2.38. The summed E-state index contributed by atoms with van der Waals surface area (Å²) >= 11 is 0. The van der Waals surface area contributed by atoms with Gasteiger partial charge >= 0.3 is 6.09 Å². The number of ether oxygens (including phenoxy) is 2. The molecule has 33 heavy (non-hydrogen) atoms. The number of fused-ring (bicyclic) bond motifs is 1. The Morgan fingerprint density at radius 2 is 1.76 bits per heavy atom. The molecule has 0 saturated carbocycles. The third kappa shape index (κ3) is 4.58. The molecule has 9 nitrogen and oxygen atoms in total. The lowest BCUT2D eigenvalue weighted by atomic mass is 9.78. The van der Waals surface area contributed by atoms with E-state index in [0.29, 0.717) is 43.0 Å². The number of aromatic nitrogens is 1. The number of primary amides is 1. The number of nitrogens with zero attached hydrogens (tertiary/aromatic N) is 2. The van der Waals surface area contributed by atoms with Crippen molar-refractivity contribution in [3.63, 3.8) is 0 Å². The van der Waals surface area contributed by atoms with Gasteiger partial charge < -0.3 is 24.5 Å². The summed E-state index contributed by atoms with van der Waals surface area (Å²) in [6, 6.07) is 15.9. The van der Waals surface area contributed by atoms with Gasteiger partial charge in [0.2, 0.25) is 5.91 Å². The minimum Gasteiger partial charge on any atom is -0.434 e. The van der Waals surface area contributed by atoms with Gasteiger partial charge in [-0.05, 0) is 24.6 Å². The Labute approximate surface area is 190 Å². The molecule has 1 saturated heterocycles. The maximum absolute atomic E-state index is 13.9. The molecule has 2 heterocycles. The second kappa shape index (κ2) is 9.41. The Morgan fingerprint density at radius 3 is 2.42 bits per heavy atom. The Morgan fingerprint density at radius 1 is 1.09 bits per heavy atom. The van der Waals surface area contributed by atoms with Gasteiger partial charge in [0.05, 0.1) is 19.1 Å². The highest BCUT2D eigenvalue weighted by molar-refractivity contribution is 6.04. The Kier molecular flexibility index (Phi) is 6.41. The average Bonchev–Trinajstić information content (AvgIpc) is 3.27. The van der Waals surface area contributed by atoms with Gasteiger partial charge in [-0.25, -0.2) is 9.78 Å². The topological polar surface area (TPSA) is 125 Å². The zero-order valence-corrected chi connectivity index (χ0v) is 18.2. The summed E-state index contributed by atoms with van der Waals surface area (Å²) in [5.74, 6) is -2.39. The predicted molar refractivity (Wildman–Crippen MR) is 118 cm³/mol. The van der Waals surface area contributed by atoms with Crippen molar-refractivity contribution in [3.05, 3.63) is 66.1 Å². The molecule has 4 rings (SSSR count). The zero-order valence-electron chi connectivity index (χ0n) is 18.2. The molecule has 9 heteroatoms. The van der Waals surface area contributed by atoms with Crippen LogP contribution in [0.2, 0.25) is 0 Å². The molecule has 1 aromatic heterocycles. The van der Waals surface area contributed by atoms with E-state index < -0.39 is 23.4 Å². The molecule has 2 N–H and O–H groups in total. The zero-order chi connectivity index (χ0) is 23.4. The van der Waals surface area contributed by atoms with E-state index in [0.717, 1.165) is 0 Å². The molecular weight excluding hydrogens is 426 g/mol. The molecule has 0 spiro atoms. The van der Waals surface area contributed by atoms with Crippen molar-refractivity contribution in [3.8, 4) is 0 Å². The summed E-state index contributed by atoms with van der Waals surface area (Å²) in [6.45, 7) is 3.08. The second-order valence-corrected chi connectivity index (χ2v) is 7.95. The number of ketones is 1. The van der Waals surface area contributed by atoms with Crippen molar-refractivity contribution in [2.24, 2.45) is 11.7 Å². The lowest BCUT2D eigenvalue weighted by Crippen LogP contribution is -2.57. The fourth-order valence-electron chi connectivity index (χ4n) is 4.09. The third-order valence-electron chi connectivity index (χ3n) is 5.86. The van der Waals surface area contributed by atoms with Gasteiger partial charge in [-0.3, -0.25) is 9.59 Å². The van der Waals surface area contributed by atoms with Crippen molar-refractivity contribution in [2.45, 2.75) is 18.9 Å². The Bertz CT molecular complexity index is 1120. The maximum atomic E-state index is 13.9. The third-order valence-corrected chi connectivity index (χ3v) is 5.86. The van der Waals surface area contributed by atoms with E-state index in [1.165, 1.54) is 0 Å². The number of benzene rings is 2. The fraction of sp³-hybridized carbons (Fsp3) is 0.333. The van der Waals surface area contributed by atoms with Gasteiger partial charge in [0.15, 0.2) is 11.2 Å². The largest absolute Gasteiger partial charge is 0.434 e. The van der Waals surface area contributed by atoms with Crippen molar-refractivity contribution in [1.82, 2.24) is 9.88 Å². The van der Waals surface area contributed by atoms with Crippen LogP contribution < -0.4 is 5.73 Å². The van der Waals surface area contributed by atoms with Gasteiger partial charge in [0.25, 0.3) is 11.7 Å². The Balaban J connectivity index is 1.81. The molecule has 1 aliphatic rings. The number of oxazole rings is 1. The van der Waals surface area contributed by atoms with Crippen LogP contribution in [0.5, 0.6) is 0 Å². The van der Waals surface area contributed by atoms with Crippen molar-refractivity contribution >= 4 is 28.9 Å². The van der Waals surface area contributed by atoms with E-state index in [1.807, 2.05) is 6.07 Å². The lowest BCUT2D eigenvalue weighted by molar-refractivity contribution is -0.145. The predicted octanol–water partition coefficient (Wildman–Crippen LogP) is 2.58. The number of Topliss-reactive ketones (excluding diaryl/α,β-unsaturated/α-hetero) is 1. The number of para-hydroxylation sites is 2. The number of rotatable bonds is 7. The molecule has 2 atom stereocenters. The summed E-state index contributed by atoms with van der Waals surface area (Å²) in [6.07, 6.45) is -1.25. The SMILES string of the molecule is CC(C(=O)N1CCOCC1)[C@](Cc1ccccc1)(OC(N)=O)C(=O)c1nc2ccccc2o1. The van der Waals surface area contributed by atoms with Gasteiger partial charge in [0, 0.05) is 19.5 Å². The maximum Gasteiger partial charge on any atom is 0.405 e. The number of morpholine rings is 1. The number of carbonyl (C=O) groups is 3. The van der Waals surface area contributed by atoms with E-state index in [9.17, 15) is 14.4 Å². The number of hydrogen-bond donors (Lipinski definition) is 1. The second-order valence-electron chi connectivity index (χ2n) is 7.95. The van der Waals surface area contributed by atoms with Crippen LogP contribution in [0.4, 0.5) is 4.79 Å². The van der Waals surface area contributed by atoms with E-state index in [4.69, 9.17) is 19.6 Å². The van der Waals surface area contributed by atoms with Crippen molar-refractivity contribution in [1.29, 1.82) is 0 Å². The molecule has 1 aliphatic heterocycles. The molecule has 0 bridgehead atoms. The van der Waals surface area contributed by atoms with Gasteiger partial charge in [-0.1, -0.05) is 42.5 Å². The van der Waals surface area contributed by atoms with Crippen LogP contribution in [-0.2, 0) is 20.7 Å². The molecule has 0 aliphatic carbocycles. The average molecular weight is 451 g/mol. The van der Waals surface area contributed by atoms with Crippen LogP contribution >= 0.6 is 0 Å². The first-order valence-corrected chi connectivity index (χ1v) is 10.7. The molecule has 1 unspecified atom stereocenters. The normalized spacial score (nSPS) is 16.7. The molecule has 1 fully saturated rings. The summed E-state index contributed by atoms with van der Waals surface area (Å²) < 4.78 is 16.6. The van der Waals surface area contributed by atoms with Crippen LogP contribution in [0.25, 0.3) is 11.1 Å². The van der Waals surface area contributed by atoms with Crippen molar-refractivity contribution < 1.29 is 28.3 Å². The van der Waals surface area contributed by atoms with Crippen LogP contribution in [0.1, 0.15) is 23.2 Å². The Hall–Kier alpha value is -3.72. The standard InChI is InChI=1S/C24H25N3O6/c1-16(22(29)27-11-13-31-14-12-27)24(33-23(25)30,15-17-7-3-2-4-8-17)20(28)21-26-18-9-5-6-10-19(18)32-21/h2-10,16H,11-15H2,1H3,(H2,25,30)/t16?,24-/m0/s1. The van der Waals surface area contributed by atoms with Crippen LogP contribution in [0, 0.1) is 5.92 Å². The highest BCUT2D eigenvalue weighted by atomic mass is 16.6. The van der Waals surface area contributed by atoms with Gasteiger partial charge in [-0.15, -0.1) is 0 Å². The summed E-state index contributed by atoms with van der Waals surface area (Å²) in [4.78, 5) is 45.3. The smallest absolute Gasteiger partial charge is 0.405 e. The minimum atomic E-state index is -1.95. The van der Waals surface area contributed by atoms with Crippen LogP contribution in [0.15, 0.2) is 59.0 Å². The molecule has 2 aromatic carbocycles. The highest BCUT2D eigenvalue weighted by Crippen LogP contribution is 2.33. The molecule has 2 amide bonds. The number of carbonyl (C=O) groups excluding carboxylic acids is 3. The minimum absolute atomic E-state index is 0.0778. The number of nitrogens with two attached hydrogens (primary N) is 1. The van der Waals surface area contributed by atoms with E-state index in [2.05, 4.69) is 4.98 Å². The molecule has 3 aromatic rings. The van der Waals surface area contributed by atoms with Crippen LogP contribution in [0.3, 0.4) is 0 Å². The van der Waals surface area contributed by atoms with Gasteiger partial charge in [0.1, 0.15) is 5.52 Å². The van der Waals surface area contributed by atoms with Crippen molar-refractivity contribution in [2.75, 3.05) is 26.3 Å². The monoisotopic (exact) mass is 451 g/mol. The summed E-state index contributed by atoms with van der Waals surface area (Å²) in [5, 5.41) is 0. The van der Waals surface area contributed by atoms with E-state index in [-0.39, 0.29) is 18.2 Å². The first-order chi connectivity index (χ1) is 15.9. The summed E-state index contributed by atoms with van der Waals surface area (Å²) in [5.41, 5.74) is 5.04. The van der Waals surface area contributed by atoms with E-state index in [1.54, 1.807) is 60.4 Å². The summed E-state index contributed by atoms with van der Waals surface area (Å²) in [7, 11) is 0. The highest BCUT2D eigenvalue weighted by Gasteiger charge is 2.53. The quantitative estimate of drug-likeness (QED) is 0.547. The first kappa shape index (κ1) is 22.5. The van der Waals surface area contributed by atoms with E-state index >= 15 is 0 Å².